The second kappa shape index (κ2) is 4.17. The zero-order valence-electron chi connectivity index (χ0n) is 11.1. The smallest absolute Gasteiger partial charge is 0.234 e. The fraction of sp³-hybridized carbons (Fsp3) is 0.462. The standard InChI is InChI=1S/C13H18N4O/c1-12(2,13(3,4)14)11-16-10(17-18-11)9-6-5-7-15-8-9/h5-8H,14H2,1-4H3. The summed E-state index contributed by atoms with van der Waals surface area (Å²) in [5, 5.41) is 3.98. The molecule has 0 amide bonds. The highest BCUT2D eigenvalue weighted by Gasteiger charge is 2.40. The summed E-state index contributed by atoms with van der Waals surface area (Å²) in [6, 6.07) is 3.73. The third-order valence-electron chi connectivity index (χ3n) is 3.49. The Morgan fingerprint density at radius 2 is 1.94 bits per heavy atom. The first-order chi connectivity index (χ1) is 8.32. The molecule has 2 rings (SSSR count). The fourth-order valence-corrected chi connectivity index (χ4v) is 1.37. The van der Waals surface area contributed by atoms with Crippen LogP contribution in [0.25, 0.3) is 11.4 Å². The van der Waals surface area contributed by atoms with Crippen LogP contribution in [0.4, 0.5) is 0 Å². The van der Waals surface area contributed by atoms with Gasteiger partial charge >= 0.3 is 0 Å². The molecular weight excluding hydrogens is 228 g/mol. The SMILES string of the molecule is CC(C)(N)C(C)(C)c1nc(-c2cccnc2)no1. The van der Waals surface area contributed by atoms with Gasteiger partial charge in [0.25, 0.3) is 0 Å². The predicted molar refractivity (Wildman–Crippen MR) is 68.8 cm³/mol. The summed E-state index contributed by atoms with van der Waals surface area (Å²) in [5.41, 5.74) is 6.13. The first-order valence-electron chi connectivity index (χ1n) is 5.86. The molecule has 0 unspecified atom stereocenters. The third-order valence-corrected chi connectivity index (χ3v) is 3.49. The van der Waals surface area contributed by atoms with Crippen LogP contribution in [-0.2, 0) is 5.41 Å². The molecule has 0 spiro atoms. The van der Waals surface area contributed by atoms with Gasteiger partial charge in [-0.25, -0.2) is 0 Å². The van der Waals surface area contributed by atoms with Crippen molar-refractivity contribution in [2.24, 2.45) is 5.73 Å². The minimum atomic E-state index is -0.453. The molecule has 2 N–H and O–H groups in total. The number of nitrogens with two attached hydrogens (primary N) is 1. The summed E-state index contributed by atoms with van der Waals surface area (Å²) in [6.07, 6.45) is 3.41. The molecule has 2 heterocycles. The Balaban J connectivity index is 2.38. The van der Waals surface area contributed by atoms with Crippen LogP contribution in [0.3, 0.4) is 0 Å². The maximum atomic E-state index is 6.15. The van der Waals surface area contributed by atoms with Gasteiger partial charge in [0, 0.05) is 23.5 Å². The monoisotopic (exact) mass is 246 g/mol. The van der Waals surface area contributed by atoms with E-state index in [1.54, 1.807) is 12.4 Å². The zero-order valence-corrected chi connectivity index (χ0v) is 11.1. The minimum absolute atomic E-state index is 0.402. The van der Waals surface area contributed by atoms with E-state index < -0.39 is 11.0 Å². The lowest BCUT2D eigenvalue weighted by atomic mass is 9.75. The Labute approximate surface area is 106 Å². The van der Waals surface area contributed by atoms with E-state index in [0.717, 1.165) is 5.56 Å². The Morgan fingerprint density at radius 1 is 1.22 bits per heavy atom. The maximum Gasteiger partial charge on any atom is 0.234 e. The van der Waals surface area contributed by atoms with Gasteiger partial charge in [-0.15, -0.1) is 0 Å². The highest BCUT2D eigenvalue weighted by molar-refractivity contribution is 5.52. The molecule has 0 bridgehead atoms. The molecule has 5 nitrogen and oxygen atoms in total. The fourth-order valence-electron chi connectivity index (χ4n) is 1.37. The minimum Gasteiger partial charge on any atom is -0.338 e. The largest absolute Gasteiger partial charge is 0.338 e. The van der Waals surface area contributed by atoms with Crippen LogP contribution in [0.5, 0.6) is 0 Å². The van der Waals surface area contributed by atoms with Crippen LogP contribution < -0.4 is 5.73 Å². The lowest BCUT2D eigenvalue weighted by Crippen LogP contribution is -2.50. The van der Waals surface area contributed by atoms with Crippen molar-refractivity contribution in [2.75, 3.05) is 0 Å². The van der Waals surface area contributed by atoms with Gasteiger partial charge in [-0.3, -0.25) is 4.98 Å². The molecule has 0 radical (unpaired) electrons. The van der Waals surface area contributed by atoms with Crippen LogP contribution in [0.2, 0.25) is 0 Å². The normalized spacial score (nSPS) is 12.7. The summed E-state index contributed by atoms with van der Waals surface area (Å²) in [5.74, 6) is 1.07. The molecule has 0 saturated carbocycles. The van der Waals surface area contributed by atoms with E-state index in [2.05, 4.69) is 15.1 Å². The molecule has 0 atom stereocenters. The average Bonchev–Trinajstić information content (AvgIpc) is 2.78. The topological polar surface area (TPSA) is 77.8 Å². The number of hydrogen-bond acceptors (Lipinski definition) is 5. The first-order valence-corrected chi connectivity index (χ1v) is 5.86. The van der Waals surface area contributed by atoms with Gasteiger partial charge in [-0.1, -0.05) is 5.16 Å². The number of pyridine rings is 1. The van der Waals surface area contributed by atoms with Crippen molar-refractivity contribution in [3.63, 3.8) is 0 Å². The highest BCUT2D eigenvalue weighted by atomic mass is 16.5. The van der Waals surface area contributed by atoms with Gasteiger partial charge in [0.05, 0.1) is 5.41 Å². The summed E-state index contributed by atoms with van der Waals surface area (Å²) >= 11 is 0. The number of hydrogen-bond donors (Lipinski definition) is 1. The van der Waals surface area contributed by atoms with Crippen molar-refractivity contribution in [1.82, 2.24) is 15.1 Å². The van der Waals surface area contributed by atoms with E-state index in [1.807, 2.05) is 39.8 Å². The van der Waals surface area contributed by atoms with Gasteiger partial charge in [-0.2, -0.15) is 4.98 Å². The number of rotatable bonds is 3. The van der Waals surface area contributed by atoms with E-state index in [9.17, 15) is 0 Å². The molecule has 96 valence electrons. The van der Waals surface area contributed by atoms with Crippen LogP contribution >= 0.6 is 0 Å². The van der Waals surface area contributed by atoms with Crippen molar-refractivity contribution < 1.29 is 4.52 Å². The van der Waals surface area contributed by atoms with Gasteiger partial charge in [-0.05, 0) is 39.8 Å². The molecule has 0 aliphatic heterocycles. The number of aromatic nitrogens is 3. The quantitative estimate of drug-likeness (QED) is 0.897. The molecule has 0 saturated heterocycles. The van der Waals surface area contributed by atoms with Crippen LogP contribution in [0.15, 0.2) is 29.0 Å². The summed E-state index contributed by atoms with van der Waals surface area (Å²) in [6.45, 7) is 7.88. The van der Waals surface area contributed by atoms with Crippen molar-refractivity contribution in [1.29, 1.82) is 0 Å². The Kier molecular flexibility index (Phi) is 2.94. The van der Waals surface area contributed by atoms with Crippen molar-refractivity contribution >= 4 is 0 Å². The molecule has 18 heavy (non-hydrogen) atoms. The van der Waals surface area contributed by atoms with Crippen molar-refractivity contribution in [2.45, 2.75) is 38.6 Å². The predicted octanol–water partition coefficient (Wildman–Crippen LogP) is 2.15. The summed E-state index contributed by atoms with van der Waals surface area (Å²) in [7, 11) is 0. The molecule has 0 aromatic carbocycles. The van der Waals surface area contributed by atoms with Gasteiger partial charge in [0.2, 0.25) is 11.7 Å². The molecule has 0 fully saturated rings. The second-order valence-corrected chi connectivity index (χ2v) is 5.51. The zero-order chi connectivity index (χ0) is 13.4. The molecule has 2 aromatic rings. The summed E-state index contributed by atoms with van der Waals surface area (Å²) < 4.78 is 5.34. The molecular formula is C13H18N4O. The maximum absolute atomic E-state index is 6.15. The van der Waals surface area contributed by atoms with Crippen LogP contribution in [0.1, 0.15) is 33.6 Å². The van der Waals surface area contributed by atoms with Gasteiger partial charge in [0.1, 0.15) is 0 Å². The molecule has 0 aliphatic rings. The molecule has 5 heteroatoms. The Hall–Kier alpha value is -1.75. The third kappa shape index (κ3) is 2.13. The lowest BCUT2D eigenvalue weighted by Gasteiger charge is -2.34. The second-order valence-electron chi connectivity index (χ2n) is 5.51. The molecule has 2 aromatic heterocycles. The van der Waals surface area contributed by atoms with Gasteiger partial charge < -0.3 is 10.3 Å². The van der Waals surface area contributed by atoms with E-state index in [0.29, 0.717) is 11.7 Å². The van der Waals surface area contributed by atoms with E-state index in [1.165, 1.54) is 0 Å². The molecule has 0 aliphatic carbocycles. The summed E-state index contributed by atoms with van der Waals surface area (Å²) in [4.78, 5) is 8.46. The van der Waals surface area contributed by atoms with Crippen LogP contribution in [0, 0.1) is 0 Å². The average molecular weight is 246 g/mol. The van der Waals surface area contributed by atoms with E-state index in [-0.39, 0.29) is 0 Å². The lowest BCUT2D eigenvalue weighted by molar-refractivity contribution is 0.223. The Bertz CT molecular complexity index is 525. The van der Waals surface area contributed by atoms with Crippen molar-refractivity contribution in [3.05, 3.63) is 30.4 Å². The van der Waals surface area contributed by atoms with E-state index >= 15 is 0 Å². The Morgan fingerprint density at radius 3 is 2.50 bits per heavy atom. The van der Waals surface area contributed by atoms with Gasteiger partial charge in [0.15, 0.2) is 0 Å². The first kappa shape index (κ1) is 12.7. The van der Waals surface area contributed by atoms with Crippen LogP contribution in [-0.4, -0.2) is 20.7 Å². The van der Waals surface area contributed by atoms with E-state index in [4.69, 9.17) is 10.3 Å². The highest BCUT2D eigenvalue weighted by Crippen LogP contribution is 2.32. The number of nitrogens with zero attached hydrogens (tertiary/aromatic N) is 3. The van der Waals surface area contributed by atoms with Crippen molar-refractivity contribution in [3.8, 4) is 11.4 Å².